The van der Waals surface area contributed by atoms with Gasteiger partial charge < -0.3 is 5.32 Å². The minimum Gasteiger partial charge on any atom is -0.385 e. The van der Waals surface area contributed by atoms with Crippen LogP contribution in [0.1, 0.15) is 39.3 Å². The Morgan fingerprint density at radius 2 is 1.45 bits per heavy atom. The van der Waals surface area contributed by atoms with Gasteiger partial charge in [-0.1, -0.05) is 40.3 Å². The molecule has 1 N–H and O–H groups in total. The molecule has 20 heavy (non-hydrogen) atoms. The summed E-state index contributed by atoms with van der Waals surface area (Å²) < 4.78 is 0. The van der Waals surface area contributed by atoms with Crippen LogP contribution in [0.4, 0.5) is 5.69 Å². The molecule has 0 fully saturated rings. The fourth-order valence-corrected chi connectivity index (χ4v) is 1.84. The Kier molecular flexibility index (Phi) is 5.75. The Morgan fingerprint density at radius 1 is 0.900 bits per heavy atom. The number of benzene rings is 1. The fraction of sp³-hybridized carbons (Fsp3) is 0.389. The Hall–Kier alpha value is -1.83. The monoisotopic (exact) mass is 270 g/mol. The maximum absolute atomic E-state index is 4.04. The number of rotatable bonds is 4. The zero-order valence-corrected chi connectivity index (χ0v) is 12.0. The summed E-state index contributed by atoms with van der Waals surface area (Å²) in [4.78, 5) is 4.04. The molecular weight excluding hydrogens is 244 g/mol. The highest BCUT2D eigenvalue weighted by Crippen LogP contribution is 2.17. The van der Waals surface area contributed by atoms with Crippen molar-refractivity contribution in [3.63, 3.8) is 0 Å². The Bertz CT molecular complexity index is 495. The summed E-state index contributed by atoms with van der Waals surface area (Å²) in [6.45, 7) is 7.68. The van der Waals surface area contributed by atoms with E-state index in [1.165, 1.54) is 16.8 Å². The molecule has 0 aliphatic heterocycles. The Labute approximate surface area is 123 Å². The molecule has 2 rings (SSSR count). The van der Waals surface area contributed by atoms with E-state index in [2.05, 4.69) is 67.5 Å². The van der Waals surface area contributed by atoms with Gasteiger partial charge in [0.1, 0.15) is 0 Å². The van der Waals surface area contributed by atoms with Crippen LogP contribution < -0.4 is 5.32 Å². The topological polar surface area (TPSA) is 24.9 Å². The molecule has 108 valence electrons. The average molecular weight is 270 g/mol. The lowest BCUT2D eigenvalue weighted by Crippen LogP contribution is -2.18. The van der Waals surface area contributed by atoms with E-state index in [1.54, 1.807) is 0 Å². The number of nitrogens with one attached hydrogen (secondary N) is 1. The first kappa shape index (κ1) is 16.2. The standard InChI is InChI=1S/C17H22N2.CH4/c1-17(2,3)13-19-16-6-4-14(5-7-16)12-15-8-10-18-11-9-15;/h4-11,19H,12-13H2,1-3H3;1H4. The van der Waals surface area contributed by atoms with E-state index < -0.39 is 0 Å². The summed E-state index contributed by atoms with van der Waals surface area (Å²) in [6, 6.07) is 12.8. The summed E-state index contributed by atoms with van der Waals surface area (Å²) in [5.41, 5.74) is 4.11. The van der Waals surface area contributed by atoms with Gasteiger partial charge in [-0.05, 0) is 47.2 Å². The first-order chi connectivity index (χ1) is 9.03. The van der Waals surface area contributed by atoms with Crippen molar-refractivity contribution in [2.45, 2.75) is 34.6 Å². The molecule has 0 aliphatic carbocycles. The molecule has 0 unspecified atom stereocenters. The molecular formula is C18H26N2. The summed E-state index contributed by atoms with van der Waals surface area (Å²) in [6.07, 6.45) is 4.64. The maximum Gasteiger partial charge on any atom is 0.0340 e. The van der Waals surface area contributed by atoms with Gasteiger partial charge in [-0.15, -0.1) is 0 Å². The summed E-state index contributed by atoms with van der Waals surface area (Å²) in [5, 5.41) is 3.47. The number of pyridine rings is 1. The number of anilines is 1. The highest BCUT2D eigenvalue weighted by atomic mass is 14.9. The molecule has 0 saturated carbocycles. The van der Waals surface area contributed by atoms with Crippen molar-refractivity contribution in [2.75, 3.05) is 11.9 Å². The second kappa shape index (κ2) is 7.09. The van der Waals surface area contributed by atoms with Crippen molar-refractivity contribution in [2.24, 2.45) is 5.41 Å². The van der Waals surface area contributed by atoms with Crippen LogP contribution in [0.15, 0.2) is 48.8 Å². The zero-order chi connectivity index (χ0) is 13.7. The van der Waals surface area contributed by atoms with Crippen molar-refractivity contribution >= 4 is 5.69 Å². The molecule has 0 amide bonds. The third-order valence-corrected chi connectivity index (χ3v) is 2.93. The molecule has 1 aromatic carbocycles. The highest BCUT2D eigenvalue weighted by molar-refractivity contribution is 5.45. The number of nitrogens with zero attached hydrogens (tertiary/aromatic N) is 1. The summed E-state index contributed by atoms with van der Waals surface area (Å²) in [5.74, 6) is 0. The minimum absolute atomic E-state index is 0. The predicted octanol–water partition coefficient (Wildman–Crippen LogP) is 4.77. The third kappa shape index (κ3) is 5.43. The van der Waals surface area contributed by atoms with E-state index in [1.807, 2.05) is 12.4 Å². The van der Waals surface area contributed by atoms with Crippen molar-refractivity contribution in [3.05, 3.63) is 59.9 Å². The quantitative estimate of drug-likeness (QED) is 0.866. The van der Waals surface area contributed by atoms with E-state index >= 15 is 0 Å². The third-order valence-electron chi connectivity index (χ3n) is 2.93. The first-order valence-corrected chi connectivity index (χ1v) is 6.75. The molecule has 1 heterocycles. The van der Waals surface area contributed by atoms with E-state index in [-0.39, 0.29) is 7.43 Å². The van der Waals surface area contributed by atoms with Gasteiger partial charge in [0.2, 0.25) is 0 Å². The van der Waals surface area contributed by atoms with Crippen molar-refractivity contribution < 1.29 is 0 Å². The molecule has 2 aromatic rings. The van der Waals surface area contributed by atoms with Crippen LogP contribution in [0.5, 0.6) is 0 Å². The first-order valence-electron chi connectivity index (χ1n) is 6.75. The van der Waals surface area contributed by atoms with E-state index in [0.717, 1.165) is 13.0 Å². The van der Waals surface area contributed by atoms with Crippen LogP contribution in [-0.4, -0.2) is 11.5 Å². The Balaban J connectivity index is 0.00000200. The second-order valence-electron chi connectivity index (χ2n) is 6.14. The van der Waals surface area contributed by atoms with Gasteiger partial charge in [0.05, 0.1) is 0 Å². The number of hydrogen-bond acceptors (Lipinski definition) is 2. The predicted molar refractivity (Wildman–Crippen MR) is 88.2 cm³/mol. The van der Waals surface area contributed by atoms with Crippen LogP contribution >= 0.6 is 0 Å². The van der Waals surface area contributed by atoms with E-state index in [9.17, 15) is 0 Å². The average Bonchev–Trinajstić information content (AvgIpc) is 2.38. The van der Waals surface area contributed by atoms with Gasteiger partial charge >= 0.3 is 0 Å². The van der Waals surface area contributed by atoms with E-state index in [0.29, 0.717) is 5.41 Å². The molecule has 0 bridgehead atoms. The SMILES string of the molecule is C.CC(C)(C)CNc1ccc(Cc2ccncc2)cc1. The van der Waals surface area contributed by atoms with Gasteiger partial charge in [-0.2, -0.15) is 0 Å². The van der Waals surface area contributed by atoms with Gasteiger partial charge in [0.15, 0.2) is 0 Å². The number of hydrogen-bond donors (Lipinski definition) is 1. The molecule has 2 heteroatoms. The lowest BCUT2D eigenvalue weighted by atomic mass is 9.97. The lowest BCUT2D eigenvalue weighted by Gasteiger charge is -2.19. The fourth-order valence-electron chi connectivity index (χ4n) is 1.84. The largest absolute Gasteiger partial charge is 0.385 e. The van der Waals surface area contributed by atoms with Gasteiger partial charge in [-0.25, -0.2) is 0 Å². The van der Waals surface area contributed by atoms with Crippen molar-refractivity contribution in [3.8, 4) is 0 Å². The molecule has 0 aliphatic rings. The van der Waals surface area contributed by atoms with Gasteiger partial charge in [0.25, 0.3) is 0 Å². The minimum atomic E-state index is 0. The number of aromatic nitrogens is 1. The summed E-state index contributed by atoms with van der Waals surface area (Å²) >= 11 is 0. The van der Waals surface area contributed by atoms with Crippen LogP contribution in [0.25, 0.3) is 0 Å². The van der Waals surface area contributed by atoms with Crippen LogP contribution in [-0.2, 0) is 6.42 Å². The molecule has 2 nitrogen and oxygen atoms in total. The molecule has 0 atom stereocenters. The summed E-state index contributed by atoms with van der Waals surface area (Å²) in [7, 11) is 0. The van der Waals surface area contributed by atoms with Gasteiger partial charge in [0, 0.05) is 24.6 Å². The van der Waals surface area contributed by atoms with Crippen molar-refractivity contribution in [1.29, 1.82) is 0 Å². The normalized spacial score (nSPS) is 10.8. The highest BCUT2D eigenvalue weighted by Gasteiger charge is 2.09. The smallest absolute Gasteiger partial charge is 0.0340 e. The molecule has 0 spiro atoms. The molecule has 0 radical (unpaired) electrons. The lowest BCUT2D eigenvalue weighted by molar-refractivity contribution is 0.443. The van der Waals surface area contributed by atoms with Crippen molar-refractivity contribution in [1.82, 2.24) is 4.98 Å². The zero-order valence-electron chi connectivity index (χ0n) is 12.0. The maximum atomic E-state index is 4.04. The molecule has 0 saturated heterocycles. The van der Waals surface area contributed by atoms with Crippen LogP contribution in [0, 0.1) is 5.41 Å². The second-order valence-corrected chi connectivity index (χ2v) is 6.14. The van der Waals surface area contributed by atoms with Crippen LogP contribution in [0.3, 0.4) is 0 Å². The van der Waals surface area contributed by atoms with Crippen LogP contribution in [0.2, 0.25) is 0 Å². The van der Waals surface area contributed by atoms with E-state index in [4.69, 9.17) is 0 Å². The Morgan fingerprint density at radius 3 is 2.00 bits per heavy atom. The molecule has 1 aromatic heterocycles. The van der Waals surface area contributed by atoms with Gasteiger partial charge in [-0.3, -0.25) is 4.98 Å².